The first-order valence-electron chi connectivity index (χ1n) is 7.91. The lowest BCUT2D eigenvalue weighted by Gasteiger charge is -2.06. The fourth-order valence-electron chi connectivity index (χ4n) is 2.32. The van der Waals surface area contributed by atoms with Crippen LogP contribution in [0.3, 0.4) is 0 Å². The van der Waals surface area contributed by atoms with Crippen molar-refractivity contribution in [3.8, 4) is 5.75 Å². The predicted octanol–water partition coefficient (Wildman–Crippen LogP) is 3.87. The molecule has 0 aromatic heterocycles. The highest BCUT2D eigenvalue weighted by Crippen LogP contribution is 2.27. The van der Waals surface area contributed by atoms with Gasteiger partial charge in [-0.05, 0) is 53.9 Å². The first-order valence-corrected chi connectivity index (χ1v) is 9.67. The van der Waals surface area contributed by atoms with Crippen molar-refractivity contribution in [3.63, 3.8) is 0 Å². The average molecular weight is 407 g/mol. The number of hydrogen-bond donors (Lipinski definition) is 2. The summed E-state index contributed by atoms with van der Waals surface area (Å²) in [5, 5.41) is 19.9. The van der Waals surface area contributed by atoms with E-state index in [1.807, 2.05) is 0 Å². The number of hydrogen-bond acceptors (Lipinski definition) is 6. The van der Waals surface area contributed by atoms with E-state index < -0.39 is 5.76 Å². The summed E-state index contributed by atoms with van der Waals surface area (Å²) in [6.45, 7) is 0. The summed E-state index contributed by atoms with van der Waals surface area (Å²) in [6, 6.07) is 13.2. The van der Waals surface area contributed by atoms with Crippen LogP contribution in [0.25, 0.3) is 0 Å². The van der Waals surface area contributed by atoms with E-state index in [0.717, 1.165) is 11.1 Å². The quantitative estimate of drug-likeness (QED) is 0.433. The molecule has 0 saturated carbocycles. The van der Waals surface area contributed by atoms with Crippen molar-refractivity contribution in [2.75, 3.05) is 0 Å². The van der Waals surface area contributed by atoms with Gasteiger partial charge in [0.1, 0.15) is 5.75 Å². The fourth-order valence-corrected chi connectivity index (χ4v) is 3.78. The molecule has 3 rings (SSSR count). The second-order valence-corrected chi connectivity index (χ2v) is 7.82. The van der Waals surface area contributed by atoms with Gasteiger partial charge in [-0.2, -0.15) is 13.9 Å². The van der Waals surface area contributed by atoms with Gasteiger partial charge in [-0.1, -0.05) is 35.7 Å². The van der Waals surface area contributed by atoms with Crippen molar-refractivity contribution in [3.05, 3.63) is 59.7 Å². The molecule has 1 heterocycles. The normalized spacial score (nSPS) is 18.6. The summed E-state index contributed by atoms with van der Waals surface area (Å²) < 4.78 is 24.7. The molecule has 0 unspecified atom stereocenters. The molecule has 2 N–H and O–H groups in total. The van der Waals surface area contributed by atoms with Gasteiger partial charge in [-0.3, -0.25) is 4.79 Å². The molecule has 1 fully saturated rings. The average Bonchev–Trinajstić information content (AvgIpc) is 2.97. The van der Waals surface area contributed by atoms with E-state index in [2.05, 4.69) is 15.5 Å². The van der Waals surface area contributed by atoms with Gasteiger partial charge in [0.2, 0.25) is 5.91 Å². The molecule has 140 valence electrons. The second-order valence-electron chi connectivity index (χ2n) is 5.56. The molecule has 2 aromatic rings. The summed E-state index contributed by atoms with van der Waals surface area (Å²) in [5.41, 5.74) is 1.65. The minimum absolute atomic E-state index is 0.162. The van der Waals surface area contributed by atoms with Crippen LogP contribution in [-0.2, 0) is 11.2 Å². The zero-order chi connectivity index (χ0) is 19.2. The highest BCUT2D eigenvalue weighted by molar-refractivity contribution is 8.15. The van der Waals surface area contributed by atoms with Crippen LogP contribution in [0.5, 0.6) is 5.75 Å². The maximum absolute atomic E-state index is 12.3. The van der Waals surface area contributed by atoms with E-state index in [9.17, 15) is 18.7 Å². The van der Waals surface area contributed by atoms with E-state index in [1.54, 1.807) is 48.5 Å². The highest BCUT2D eigenvalue weighted by Gasteiger charge is 2.30. The van der Waals surface area contributed by atoms with Crippen LogP contribution in [0.1, 0.15) is 11.1 Å². The fraction of sp³-hybridized carbons (Fsp3) is 0.167. The molecule has 27 heavy (non-hydrogen) atoms. The minimum atomic E-state index is -2.45. The van der Waals surface area contributed by atoms with Gasteiger partial charge in [0.15, 0.2) is 5.17 Å². The number of amides is 1. The minimum Gasteiger partial charge on any atom is -0.508 e. The lowest BCUT2D eigenvalue weighted by atomic mass is 10.1. The Kier molecular flexibility index (Phi) is 6.46. The standard InChI is InChI=1S/C18H15F2N3O2S2/c19-17(20)26-14-7-3-11(4-8-14)9-15-16(25)22-18(27-15)23-21-10-12-1-5-13(24)6-2-12/h1-8,10,15,17,24H,9H2,(H,22,23,25)/b21-10-/t15-/m1/s1. The van der Waals surface area contributed by atoms with E-state index in [-0.39, 0.29) is 16.9 Å². The zero-order valence-corrected chi connectivity index (χ0v) is 15.5. The number of halogens is 2. The SMILES string of the molecule is O=C1N/C(=N\N=C/c2ccc(O)cc2)S[C@@H]1Cc1ccc(SC(F)F)cc1. The third-order valence-electron chi connectivity index (χ3n) is 3.59. The molecule has 2 aromatic carbocycles. The summed E-state index contributed by atoms with van der Waals surface area (Å²) in [7, 11) is 0. The Morgan fingerprint density at radius 2 is 1.89 bits per heavy atom. The Bertz CT molecular complexity index is 856. The van der Waals surface area contributed by atoms with Gasteiger partial charge >= 0.3 is 0 Å². The number of carbonyl (C=O) groups excluding carboxylic acids is 1. The smallest absolute Gasteiger partial charge is 0.288 e. The lowest BCUT2D eigenvalue weighted by molar-refractivity contribution is -0.118. The number of alkyl halides is 2. The number of benzene rings is 2. The van der Waals surface area contributed by atoms with Crippen LogP contribution in [0, 0.1) is 0 Å². The first kappa shape index (κ1) is 19.4. The Balaban J connectivity index is 1.57. The topological polar surface area (TPSA) is 74.0 Å². The third-order valence-corrected chi connectivity index (χ3v) is 5.39. The van der Waals surface area contributed by atoms with Gasteiger partial charge in [0.25, 0.3) is 5.76 Å². The molecule has 1 aliphatic rings. The highest BCUT2D eigenvalue weighted by atomic mass is 32.2. The van der Waals surface area contributed by atoms with Crippen molar-refractivity contribution >= 4 is 40.8 Å². The van der Waals surface area contributed by atoms with Gasteiger partial charge in [-0.15, -0.1) is 5.10 Å². The maximum atomic E-state index is 12.3. The molecule has 1 amide bonds. The second kappa shape index (κ2) is 9.01. The number of nitrogens with zero attached hydrogens (tertiary/aromatic N) is 2. The zero-order valence-electron chi connectivity index (χ0n) is 13.9. The number of phenols is 1. The number of thioether (sulfide) groups is 2. The molecule has 0 aliphatic carbocycles. The van der Waals surface area contributed by atoms with Crippen LogP contribution in [0.15, 0.2) is 63.6 Å². The molecular weight excluding hydrogens is 392 g/mol. The summed E-state index contributed by atoms with van der Waals surface area (Å²) >= 11 is 1.77. The molecule has 1 saturated heterocycles. The van der Waals surface area contributed by atoms with E-state index in [0.29, 0.717) is 28.2 Å². The Hall–Kier alpha value is -2.39. The number of amidine groups is 1. The van der Waals surface area contributed by atoms with Gasteiger partial charge in [-0.25, -0.2) is 0 Å². The van der Waals surface area contributed by atoms with Crippen molar-refractivity contribution in [1.82, 2.24) is 5.32 Å². The summed E-state index contributed by atoms with van der Waals surface area (Å²) in [5.74, 6) is -2.45. The molecule has 0 radical (unpaired) electrons. The molecule has 1 aliphatic heterocycles. The molecule has 0 spiro atoms. The molecule has 1 atom stereocenters. The number of nitrogens with one attached hydrogen (secondary N) is 1. The number of rotatable bonds is 6. The Morgan fingerprint density at radius 3 is 2.56 bits per heavy atom. The third kappa shape index (κ3) is 5.80. The van der Waals surface area contributed by atoms with Crippen LogP contribution in [0.4, 0.5) is 8.78 Å². The molecular formula is C18H15F2N3O2S2. The largest absolute Gasteiger partial charge is 0.508 e. The Labute approximate surface area is 163 Å². The van der Waals surface area contributed by atoms with Crippen LogP contribution in [0.2, 0.25) is 0 Å². The Morgan fingerprint density at radius 1 is 1.19 bits per heavy atom. The van der Waals surface area contributed by atoms with Crippen molar-refractivity contribution < 1.29 is 18.7 Å². The van der Waals surface area contributed by atoms with Gasteiger partial charge < -0.3 is 10.4 Å². The van der Waals surface area contributed by atoms with E-state index in [4.69, 9.17) is 0 Å². The molecule has 0 bridgehead atoms. The van der Waals surface area contributed by atoms with Crippen molar-refractivity contribution in [2.45, 2.75) is 22.3 Å². The molecule has 9 heteroatoms. The number of carbonyl (C=O) groups is 1. The number of phenolic OH excluding ortho intramolecular Hbond substituents is 1. The van der Waals surface area contributed by atoms with Crippen molar-refractivity contribution in [2.24, 2.45) is 10.2 Å². The van der Waals surface area contributed by atoms with Gasteiger partial charge in [0, 0.05) is 4.90 Å². The lowest BCUT2D eigenvalue weighted by Crippen LogP contribution is -2.25. The van der Waals surface area contributed by atoms with Crippen LogP contribution in [-0.4, -0.2) is 33.4 Å². The monoisotopic (exact) mass is 407 g/mol. The van der Waals surface area contributed by atoms with Crippen LogP contribution >= 0.6 is 23.5 Å². The predicted molar refractivity (Wildman–Crippen MR) is 105 cm³/mol. The van der Waals surface area contributed by atoms with Crippen LogP contribution < -0.4 is 5.32 Å². The maximum Gasteiger partial charge on any atom is 0.288 e. The van der Waals surface area contributed by atoms with Gasteiger partial charge in [0.05, 0.1) is 11.5 Å². The number of aromatic hydroxyl groups is 1. The molecule has 5 nitrogen and oxygen atoms in total. The van der Waals surface area contributed by atoms with Crippen molar-refractivity contribution in [1.29, 1.82) is 0 Å². The van der Waals surface area contributed by atoms with E-state index >= 15 is 0 Å². The first-order chi connectivity index (χ1) is 13.0. The summed E-state index contributed by atoms with van der Waals surface area (Å²) in [6.07, 6.45) is 1.99. The summed E-state index contributed by atoms with van der Waals surface area (Å²) in [4.78, 5) is 12.6. The van der Waals surface area contributed by atoms with E-state index in [1.165, 1.54) is 18.0 Å².